The highest BCUT2D eigenvalue weighted by molar-refractivity contribution is 6.07. The van der Waals surface area contributed by atoms with Crippen LogP contribution in [-0.4, -0.2) is 143 Å². The van der Waals surface area contributed by atoms with E-state index in [-0.39, 0.29) is 24.5 Å². The summed E-state index contributed by atoms with van der Waals surface area (Å²) in [5, 5.41) is 14.9. The number of aliphatic hydroxyl groups excluding tert-OH is 1. The number of halogens is 1. The van der Waals surface area contributed by atoms with E-state index in [0.717, 1.165) is 18.9 Å². The van der Waals surface area contributed by atoms with Crippen LogP contribution in [0.3, 0.4) is 0 Å². The molecule has 14 atom stereocenters. The van der Waals surface area contributed by atoms with Gasteiger partial charge in [0.25, 0.3) is 5.67 Å². The number of Topliss-reactive ketones (excluding diaryl/α,β-unsaturated/α-hetero) is 1. The molecule has 0 bridgehead atoms. The third kappa shape index (κ3) is 9.18. The Morgan fingerprint density at radius 3 is 2.31 bits per heavy atom. The maximum Gasteiger partial charge on any atom is 0.425 e. The summed E-state index contributed by atoms with van der Waals surface area (Å²) in [5.41, 5.74) is 2.35. The Morgan fingerprint density at radius 2 is 1.73 bits per heavy atom. The number of alkyl halides is 1. The largest absolute Gasteiger partial charge is 0.456 e. The van der Waals surface area contributed by atoms with Gasteiger partial charge in [0.15, 0.2) is 17.7 Å². The summed E-state index contributed by atoms with van der Waals surface area (Å²) in [6, 6.07) is 2.22. The summed E-state index contributed by atoms with van der Waals surface area (Å²) in [6.45, 7) is 16.0. The van der Waals surface area contributed by atoms with Crippen molar-refractivity contribution in [3.63, 3.8) is 0 Å². The second kappa shape index (κ2) is 17.8. The van der Waals surface area contributed by atoms with Gasteiger partial charge in [0.05, 0.1) is 23.9 Å². The predicted molar refractivity (Wildman–Crippen MR) is 203 cm³/mol. The van der Waals surface area contributed by atoms with Gasteiger partial charge in [-0.25, -0.2) is 24.0 Å². The maximum absolute atomic E-state index is 16.8. The molecule has 15 heteroatoms. The molecule has 0 radical (unpaired) electrons. The number of aryl methyl sites for hydroxylation is 1. The third-order valence-electron chi connectivity index (χ3n) is 12.6. The van der Waals surface area contributed by atoms with E-state index in [0.29, 0.717) is 25.9 Å². The summed E-state index contributed by atoms with van der Waals surface area (Å²) in [7, 11) is 5.16. The number of hydrogen-bond donors (Lipinski definition) is 2. The first-order valence-corrected chi connectivity index (χ1v) is 19.7. The zero-order valence-corrected chi connectivity index (χ0v) is 34.9. The molecule has 2 unspecified atom stereocenters. The molecule has 3 N–H and O–H groups in total. The standard InChI is InChI=1S/C40H66FN5O9/c1-13-45(20-14-15-28-16-18-43-19-17-28)46-32-25(4)30(42)23(2)22-38(7,51-12)34(54-35-31(47)29(44(10)11)21-24(3)52-35)26(5)33(48)39(8,41)36(49)53-27(6)40(32,9)55-37(46)50/h16-19,23-27,29-32,34-35,47H,13-15,20-22,42H2,1-12H3/t23-,24-,25-,26+,27+,29+,30?,31-,32-,34-,35+,38+,39?,40-/m1/s1. The molecule has 4 rings (SSSR count). The Balaban J connectivity index is 1.76. The van der Waals surface area contributed by atoms with E-state index in [1.54, 1.807) is 31.3 Å². The van der Waals surface area contributed by atoms with Crippen molar-refractivity contribution in [3.05, 3.63) is 30.1 Å². The number of hydrogen-bond acceptors (Lipinski definition) is 13. The molecule has 0 saturated carbocycles. The predicted octanol–water partition coefficient (Wildman–Crippen LogP) is 3.92. The van der Waals surface area contributed by atoms with Crippen molar-refractivity contribution in [1.82, 2.24) is 19.9 Å². The molecule has 1 amide bonds. The molecular weight excluding hydrogens is 713 g/mol. The number of fused-ring (bicyclic) bond motifs is 1. The van der Waals surface area contributed by atoms with Crippen LogP contribution in [0.1, 0.15) is 87.1 Å². The molecule has 3 fully saturated rings. The van der Waals surface area contributed by atoms with E-state index in [2.05, 4.69) is 4.98 Å². The molecular formula is C40H66FN5O9. The molecule has 3 aliphatic rings. The molecule has 1 aromatic rings. The minimum Gasteiger partial charge on any atom is -0.456 e. The number of pyridine rings is 1. The molecule has 0 spiro atoms. The number of likely N-dealkylation sites (N-methyl/N-ethyl adjacent to an activating group) is 1. The third-order valence-corrected chi connectivity index (χ3v) is 12.6. The molecule has 55 heavy (non-hydrogen) atoms. The fourth-order valence-corrected chi connectivity index (χ4v) is 8.91. The second-order valence-corrected chi connectivity index (χ2v) is 16.8. The highest BCUT2D eigenvalue weighted by atomic mass is 19.1. The number of nitrogens with zero attached hydrogens (tertiary/aromatic N) is 4. The number of methoxy groups -OCH3 is 1. The molecule has 1 aromatic heterocycles. The number of carbonyl (C=O) groups excluding carboxylic acids is 3. The van der Waals surface area contributed by atoms with Gasteiger partial charge in [-0.2, -0.15) is 0 Å². The Kier molecular flexibility index (Phi) is 14.5. The summed E-state index contributed by atoms with van der Waals surface area (Å²) < 4.78 is 47.5. The number of ether oxygens (including phenoxy) is 5. The topological polar surface area (TPSA) is 166 Å². The molecule has 14 nitrogen and oxygen atoms in total. The molecule has 3 saturated heterocycles. The molecule has 0 aliphatic carbocycles. The van der Waals surface area contributed by atoms with E-state index in [4.69, 9.17) is 29.4 Å². The number of ketones is 1. The zero-order valence-electron chi connectivity index (χ0n) is 34.9. The lowest BCUT2D eigenvalue weighted by molar-refractivity contribution is -0.296. The number of esters is 1. The van der Waals surface area contributed by atoms with Crippen LogP contribution in [0, 0.1) is 17.8 Å². The van der Waals surface area contributed by atoms with Crippen molar-refractivity contribution in [2.24, 2.45) is 23.5 Å². The summed E-state index contributed by atoms with van der Waals surface area (Å²) >= 11 is 0. The number of carbonyl (C=O) groups is 3. The summed E-state index contributed by atoms with van der Waals surface area (Å²) in [4.78, 5) is 48.0. The average molecular weight is 780 g/mol. The number of aliphatic hydroxyl groups is 1. The normalized spacial score (nSPS) is 40.9. The van der Waals surface area contributed by atoms with Gasteiger partial charge in [-0.3, -0.25) is 9.78 Å². The van der Waals surface area contributed by atoms with E-state index in [9.17, 15) is 19.5 Å². The SMILES string of the molecule is CCN(CCCc1ccncc1)N1C(=O)O[C@]2(C)[C@H](C)OC(=O)C(C)(F)C(=O)[C@H](C)[C@@H](O[C@@H]3O[C@H](C)C[C@H](N(C)C)[C@H]3O)[C@@](C)(OC)C[C@@H](C)C(N)[C@@H](C)[C@@H]12. The second-order valence-electron chi connectivity index (χ2n) is 16.8. The van der Waals surface area contributed by atoms with Gasteiger partial charge in [0.1, 0.15) is 12.2 Å². The van der Waals surface area contributed by atoms with Crippen LogP contribution in [0.25, 0.3) is 0 Å². The van der Waals surface area contributed by atoms with Crippen LogP contribution in [0.2, 0.25) is 0 Å². The first-order chi connectivity index (χ1) is 25.6. The van der Waals surface area contributed by atoms with Gasteiger partial charge in [-0.05, 0) is 104 Å². The highest BCUT2D eigenvalue weighted by Gasteiger charge is 2.62. The lowest BCUT2D eigenvalue weighted by Crippen LogP contribution is -2.64. The zero-order chi connectivity index (χ0) is 41.2. The Bertz CT molecular complexity index is 1470. The van der Waals surface area contributed by atoms with Gasteiger partial charge >= 0.3 is 12.1 Å². The van der Waals surface area contributed by atoms with E-state index in [1.165, 1.54) is 21.0 Å². The van der Waals surface area contributed by atoms with Crippen molar-refractivity contribution >= 4 is 17.8 Å². The fraction of sp³-hybridized carbons (Fsp3) is 0.800. The Morgan fingerprint density at radius 1 is 1.09 bits per heavy atom. The lowest BCUT2D eigenvalue weighted by atomic mass is 9.72. The highest BCUT2D eigenvalue weighted by Crippen LogP contribution is 2.44. The van der Waals surface area contributed by atoms with Crippen molar-refractivity contribution < 1.29 is 47.6 Å². The van der Waals surface area contributed by atoms with Gasteiger partial charge in [-0.1, -0.05) is 27.7 Å². The Labute approximate surface area is 326 Å². The first-order valence-electron chi connectivity index (χ1n) is 19.7. The molecule has 0 aromatic carbocycles. The smallest absolute Gasteiger partial charge is 0.425 e. The van der Waals surface area contributed by atoms with Crippen molar-refractivity contribution in [2.45, 2.75) is 154 Å². The Hall–Kier alpha value is -2.79. The minimum atomic E-state index is -3.14. The van der Waals surface area contributed by atoms with Crippen LogP contribution < -0.4 is 5.73 Å². The number of aromatic nitrogens is 1. The molecule has 312 valence electrons. The minimum absolute atomic E-state index is 0.220. The van der Waals surface area contributed by atoms with Gasteiger partial charge in [0, 0.05) is 50.6 Å². The van der Waals surface area contributed by atoms with Crippen LogP contribution in [0.5, 0.6) is 0 Å². The van der Waals surface area contributed by atoms with Crippen LogP contribution in [0.15, 0.2) is 24.5 Å². The van der Waals surface area contributed by atoms with Crippen molar-refractivity contribution in [3.8, 4) is 0 Å². The first kappa shape index (κ1) is 44.9. The van der Waals surface area contributed by atoms with E-state index < -0.39 is 83.2 Å². The van der Waals surface area contributed by atoms with Crippen LogP contribution in [0.4, 0.5) is 9.18 Å². The van der Waals surface area contributed by atoms with Crippen LogP contribution in [-0.2, 0) is 39.7 Å². The quantitative estimate of drug-likeness (QED) is 0.260. The lowest BCUT2D eigenvalue weighted by Gasteiger charge is -2.48. The van der Waals surface area contributed by atoms with Gasteiger partial charge in [-0.15, -0.1) is 0 Å². The number of cyclic esters (lactones) is 1. The fourth-order valence-electron chi connectivity index (χ4n) is 8.91. The monoisotopic (exact) mass is 779 g/mol. The summed E-state index contributed by atoms with van der Waals surface area (Å²) in [5.74, 6) is -4.61. The molecule has 3 aliphatic heterocycles. The van der Waals surface area contributed by atoms with E-state index >= 15 is 4.39 Å². The van der Waals surface area contributed by atoms with Crippen LogP contribution >= 0.6 is 0 Å². The number of amides is 1. The van der Waals surface area contributed by atoms with Gasteiger partial charge < -0.3 is 39.4 Å². The average Bonchev–Trinajstić information content (AvgIpc) is 3.42. The number of rotatable bonds is 10. The summed E-state index contributed by atoms with van der Waals surface area (Å²) in [6.07, 6.45) is 0.0602. The van der Waals surface area contributed by atoms with Gasteiger partial charge in [0.2, 0.25) is 0 Å². The van der Waals surface area contributed by atoms with Crippen molar-refractivity contribution in [2.75, 3.05) is 34.3 Å². The van der Waals surface area contributed by atoms with Crippen molar-refractivity contribution in [1.29, 1.82) is 0 Å². The molecule has 4 heterocycles. The maximum atomic E-state index is 16.8. The number of nitrogens with two attached hydrogens (primary N) is 1. The van der Waals surface area contributed by atoms with E-state index in [1.807, 2.05) is 63.8 Å². The number of hydrazine groups is 1.